The van der Waals surface area contributed by atoms with Gasteiger partial charge < -0.3 is 28.4 Å². The summed E-state index contributed by atoms with van der Waals surface area (Å²) in [7, 11) is 0.602. The number of nitrogens with one attached hydrogen (secondary N) is 1. The van der Waals surface area contributed by atoms with Crippen molar-refractivity contribution in [3.8, 4) is 28.9 Å². The van der Waals surface area contributed by atoms with E-state index in [0.29, 0.717) is 49.9 Å². The van der Waals surface area contributed by atoms with Crippen molar-refractivity contribution in [1.29, 1.82) is 0 Å². The molecule has 3 aromatic carbocycles. The van der Waals surface area contributed by atoms with Crippen molar-refractivity contribution in [1.82, 2.24) is 19.4 Å². The average molecular weight is 740 g/mol. The molecule has 1 aliphatic rings. The Hall–Kier alpha value is -5.48. The number of halogens is 3. The second-order valence-electron chi connectivity index (χ2n) is 12.0. The highest BCUT2D eigenvalue weighted by Crippen LogP contribution is 2.31. The van der Waals surface area contributed by atoms with Crippen molar-refractivity contribution < 1.29 is 45.3 Å². The molecule has 1 fully saturated rings. The first kappa shape index (κ1) is 36.3. The quantitative estimate of drug-likeness (QED) is 0.162. The van der Waals surface area contributed by atoms with E-state index in [1.807, 2.05) is 23.7 Å². The third kappa shape index (κ3) is 8.51. The highest BCUT2D eigenvalue weighted by Gasteiger charge is 2.29. The number of piperazine rings is 1. The number of carbonyl (C=O) groups is 1. The number of carbonyl (C=O) groups excluding carboxylic acids is 1. The van der Waals surface area contributed by atoms with Gasteiger partial charge in [-0.05, 0) is 54.1 Å². The zero-order valence-electron chi connectivity index (χ0n) is 28.5. The number of ether oxygens (including phenoxy) is 4. The maximum atomic E-state index is 13.6. The predicted molar refractivity (Wildman–Crippen MR) is 187 cm³/mol. The van der Waals surface area contributed by atoms with Gasteiger partial charge in [-0.15, -0.1) is 0 Å². The normalized spacial score (nSPS) is 13.9. The van der Waals surface area contributed by atoms with Crippen molar-refractivity contribution in [3.63, 3.8) is 0 Å². The molecule has 12 nitrogen and oxygen atoms in total. The third-order valence-corrected chi connectivity index (χ3v) is 9.90. The molecular formula is C36H36F3N5O7S. The van der Waals surface area contributed by atoms with E-state index >= 15 is 0 Å². The molecule has 1 aliphatic heterocycles. The molecule has 3 heterocycles. The van der Waals surface area contributed by atoms with Crippen molar-refractivity contribution in [3.05, 3.63) is 96.3 Å². The van der Waals surface area contributed by atoms with Gasteiger partial charge in [-0.25, -0.2) is 13.4 Å². The fraction of sp³-hybridized carbons (Fsp3) is 0.278. The summed E-state index contributed by atoms with van der Waals surface area (Å²) in [5, 5.41) is 0.852. The summed E-state index contributed by atoms with van der Waals surface area (Å²) in [4.78, 5) is 21.7. The number of rotatable bonds is 12. The van der Waals surface area contributed by atoms with Crippen molar-refractivity contribution >= 4 is 32.5 Å². The molecular weight excluding hydrogens is 703 g/mol. The van der Waals surface area contributed by atoms with Gasteiger partial charge in [-0.1, -0.05) is 12.1 Å². The highest BCUT2D eigenvalue weighted by molar-refractivity contribution is 7.92. The number of sulfonamides is 1. The number of benzene rings is 3. The zero-order valence-corrected chi connectivity index (χ0v) is 29.3. The first-order valence-corrected chi connectivity index (χ1v) is 17.6. The summed E-state index contributed by atoms with van der Waals surface area (Å²) in [6.45, 7) is 1.59. The van der Waals surface area contributed by atoms with Gasteiger partial charge in [0.2, 0.25) is 5.88 Å². The molecule has 6 rings (SSSR count). The number of amides is 1. The zero-order chi connectivity index (χ0) is 37.0. The maximum absolute atomic E-state index is 13.6. The van der Waals surface area contributed by atoms with Gasteiger partial charge in [-0.2, -0.15) is 13.2 Å². The molecule has 1 saturated heterocycles. The van der Waals surface area contributed by atoms with Crippen LogP contribution < -0.4 is 23.7 Å². The van der Waals surface area contributed by atoms with Gasteiger partial charge in [0.15, 0.2) is 6.61 Å². The maximum Gasteiger partial charge on any atom is 0.422 e. The van der Waals surface area contributed by atoms with Crippen LogP contribution in [0.2, 0.25) is 0 Å². The summed E-state index contributed by atoms with van der Waals surface area (Å²) >= 11 is 0. The predicted octanol–water partition coefficient (Wildman–Crippen LogP) is 6.08. The van der Waals surface area contributed by atoms with Gasteiger partial charge in [0, 0.05) is 63.4 Å². The Labute approximate surface area is 298 Å². The van der Waals surface area contributed by atoms with Crippen LogP contribution in [0.1, 0.15) is 16.1 Å². The highest BCUT2D eigenvalue weighted by atomic mass is 32.2. The van der Waals surface area contributed by atoms with Crippen LogP contribution in [0.4, 0.5) is 18.9 Å². The number of alkyl halides is 3. The molecule has 0 atom stereocenters. The standard InChI is InChI=1S/C36H36F3N5O7S/c1-42-30-19-29(51-34-13-7-26(21-40-34)41-52(46,47)33-20-28(48-2)11-12-32(33)49-3)10-6-25(30)18-31(42)35(45)44-16-14-43(15-17-44)22-24-4-8-27(9-5-24)50-23-36(37,38)39/h4-13,18-21,41H,14-17,22-23H2,1-3H3. The first-order chi connectivity index (χ1) is 24.8. The number of aromatic nitrogens is 2. The number of hydrogen-bond acceptors (Lipinski definition) is 9. The van der Waals surface area contributed by atoms with Crippen LogP contribution in [0, 0.1) is 0 Å². The minimum Gasteiger partial charge on any atom is -0.497 e. The van der Waals surface area contributed by atoms with Crippen LogP contribution in [0.3, 0.4) is 0 Å². The smallest absolute Gasteiger partial charge is 0.422 e. The number of pyridine rings is 1. The van der Waals surface area contributed by atoms with Crippen LogP contribution in [0.15, 0.2) is 90.0 Å². The molecule has 5 aromatic rings. The topological polar surface area (TPSA) is 124 Å². The van der Waals surface area contributed by atoms with Crippen LogP contribution in [-0.2, 0) is 23.6 Å². The minimum absolute atomic E-state index is 0.0891. The van der Waals surface area contributed by atoms with E-state index in [9.17, 15) is 26.4 Å². The average Bonchev–Trinajstić information content (AvgIpc) is 3.46. The fourth-order valence-electron chi connectivity index (χ4n) is 5.79. The molecule has 0 saturated carbocycles. The Morgan fingerprint density at radius 2 is 1.58 bits per heavy atom. The number of anilines is 1. The Balaban J connectivity index is 1.05. The Kier molecular flexibility index (Phi) is 10.5. The summed E-state index contributed by atoms with van der Waals surface area (Å²) < 4.78 is 88.9. The van der Waals surface area contributed by atoms with E-state index in [0.717, 1.165) is 16.5 Å². The lowest BCUT2D eigenvalue weighted by Crippen LogP contribution is -2.48. The SMILES string of the molecule is COc1ccc(OC)c(S(=O)(=O)Nc2ccc(Oc3ccc4cc(C(=O)N5CCN(Cc6ccc(OCC(F)(F)F)cc6)CC5)n(C)c4c3)nc2)c1. The monoisotopic (exact) mass is 739 g/mol. The molecule has 1 N–H and O–H groups in total. The summed E-state index contributed by atoms with van der Waals surface area (Å²) in [6, 6.07) is 21.3. The van der Waals surface area contributed by atoms with Gasteiger partial charge in [-0.3, -0.25) is 14.4 Å². The molecule has 0 spiro atoms. The van der Waals surface area contributed by atoms with Crippen LogP contribution >= 0.6 is 0 Å². The Morgan fingerprint density at radius 1 is 0.865 bits per heavy atom. The van der Waals surface area contributed by atoms with E-state index < -0.39 is 22.8 Å². The molecule has 0 bridgehead atoms. The van der Waals surface area contributed by atoms with Crippen LogP contribution in [0.5, 0.6) is 28.9 Å². The molecule has 0 aliphatic carbocycles. The molecule has 16 heteroatoms. The minimum atomic E-state index is -4.39. The lowest BCUT2D eigenvalue weighted by Gasteiger charge is -2.34. The third-order valence-electron chi connectivity index (χ3n) is 8.50. The van der Waals surface area contributed by atoms with E-state index in [4.69, 9.17) is 18.9 Å². The van der Waals surface area contributed by atoms with E-state index in [-0.39, 0.29) is 33.9 Å². The number of methoxy groups -OCH3 is 2. The molecule has 0 radical (unpaired) electrons. The second-order valence-corrected chi connectivity index (χ2v) is 13.7. The summed E-state index contributed by atoms with van der Waals surface area (Å²) in [5.41, 5.74) is 2.45. The number of hydrogen-bond donors (Lipinski definition) is 1. The van der Waals surface area contributed by atoms with Crippen molar-refractivity contribution in [2.24, 2.45) is 7.05 Å². The lowest BCUT2D eigenvalue weighted by atomic mass is 10.2. The van der Waals surface area contributed by atoms with E-state index in [1.54, 1.807) is 35.2 Å². The molecule has 1 amide bonds. The van der Waals surface area contributed by atoms with Crippen molar-refractivity contribution in [2.75, 3.05) is 51.7 Å². The van der Waals surface area contributed by atoms with Crippen LogP contribution in [-0.4, -0.2) is 86.9 Å². The summed E-state index contributed by atoms with van der Waals surface area (Å²) in [5.74, 6) is 1.28. The van der Waals surface area contributed by atoms with E-state index in [1.165, 1.54) is 56.8 Å². The van der Waals surface area contributed by atoms with Crippen molar-refractivity contribution in [2.45, 2.75) is 17.6 Å². The van der Waals surface area contributed by atoms with E-state index in [2.05, 4.69) is 14.6 Å². The molecule has 0 unspecified atom stereocenters. The van der Waals surface area contributed by atoms with Gasteiger partial charge in [0.25, 0.3) is 15.9 Å². The first-order valence-electron chi connectivity index (χ1n) is 16.1. The summed E-state index contributed by atoms with van der Waals surface area (Å²) in [6.07, 6.45) is -3.05. The largest absolute Gasteiger partial charge is 0.497 e. The van der Waals surface area contributed by atoms with Gasteiger partial charge in [0.05, 0.1) is 31.6 Å². The van der Waals surface area contributed by atoms with Gasteiger partial charge in [0.1, 0.15) is 33.6 Å². The number of nitrogens with zero attached hydrogens (tertiary/aromatic N) is 4. The molecule has 274 valence electrons. The molecule has 2 aromatic heterocycles. The fourth-order valence-corrected chi connectivity index (χ4v) is 7.02. The number of fused-ring (bicyclic) bond motifs is 1. The number of aryl methyl sites for hydroxylation is 1. The second kappa shape index (κ2) is 15.0. The Bertz CT molecular complexity index is 2150. The lowest BCUT2D eigenvalue weighted by molar-refractivity contribution is -0.153. The Morgan fingerprint density at radius 3 is 2.23 bits per heavy atom. The molecule has 52 heavy (non-hydrogen) atoms. The van der Waals surface area contributed by atoms with Gasteiger partial charge >= 0.3 is 6.18 Å². The van der Waals surface area contributed by atoms with Crippen LogP contribution in [0.25, 0.3) is 10.9 Å².